The first-order chi connectivity index (χ1) is 15.2. The van der Waals surface area contributed by atoms with Crippen molar-refractivity contribution < 1.29 is 19.1 Å². The van der Waals surface area contributed by atoms with Crippen LogP contribution in [0.4, 0.5) is 10.2 Å². The predicted octanol–water partition coefficient (Wildman–Crippen LogP) is 3.87. The number of hydrogen-bond acceptors (Lipinski definition) is 5. The number of carbonyl (C=O) groups is 2. The van der Waals surface area contributed by atoms with Gasteiger partial charge >= 0.3 is 5.97 Å². The summed E-state index contributed by atoms with van der Waals surface area (Å²) in [6.07, 6.45) is 1.41. The summed E-state index contributed by atoms with van der Waals surface area (Å²) in [4.78, 5) is 31.7. The SMILES string of the molecule is C=C(NCc1ccc(C(=O)O)c(C)c1)c1cc(NC(=O)Cc2ccc(F)c(C)c2)ncn1. The van der Waals surface area contributed by atoms with Gasteiger partial charge in [0.1, 0.15) is 18.0 Å². The Morgan fingerprint density at radius 2 is 1.75 bits per heavy atom. The second kappa shape index (κ2) is 9.82. The Balaban J connectivity index is 1.60. The van der Waals surface area contributed by atoms with Crippen molar-refractivity contribution in [2.75, 3.05) is 5.32 Å². The number of carboxylic acid groups (broad SMARTS) is 1. The van der Waals surface area contributed by atoms with Crippen LogP contribution in [0.5, 0.6) is 0 Å². The Hall–Kier alpha value is -4.07. The summed E-state index contributed by atoms with van der Waals surface area (Å²) in [6.45, 7) is 7.79. The molecule has 1 heterocycles. The topological polar surface area (TPSA) is 104 Å². The number of aromatic nitrogens is 2. The quantitative estimate of drug-likeness (QED) is 0.497. The first-order valence-electron chi connectivity index (χ1n) is 9.86. The van der Waals surface area contributed by atoms with Crippen LogP contribution < -0.4 is 10.6 Å². The minimum Gasteiger partial charge on any atom is -0.478 e. The van der Waals surface area contributed by atoms with E-state index in [9.17, 15) is 14.0 Å². The third-order valence-corrected chi connectivity index (χ3v) is 4.86. The van der Waals surface area contributed by atoms with E-state index >= 15 is 0 Å². The summed E-state index contributed by atoms with van der Waals surface area (Å²) in [6, 6.07) is 11.3. The number of nitrogens with one attached hydrogen (secondary N) is 2. The summed E-state index contributed by atoms with van der Waals surface area (Å²) in [7, 11) is 0. The summed E-state index contributed by atoms with van der Waals surface area (Å²) in [5.74, 6) is -1.23. The van der Waals surface area contributed by atoms with Gasteiger partial charge in [-0.25, -0.2) is 19.2 Å². The molecule has 164 valence electrons. The van der Waals surface area contributed by atoms with Gasteiger partial charge in [-0.1, -0.05) is 30.8 Å². The van der Waals surface area contributed by atoms with Gasteiger partial charge in [-0.2, -0.15) is 0 Å². The lowest BCUT2D eigenvalue weighted by Crippen LogP contribution is -2.17. The molecule has 0 saturated carbocycles. The lowest BCUT2D eigenvalue weighted by Gasteiger charge is -2.12. The molecule has 0 aliphatic carbocycles. The van der Waals surface area contributed by atoms with Gasteiger partial charge in [-0.15, -0.1) is 0 Å². The smallest absolute Gasteiger partial charge is 0.335 e. The molecule has 0 saturated heterocycles. The van der Waals surface area contributed by atoms with Crippen molar-refractivity contribution >= 4 is 23.4 Å². The zero-order valence-corrected chi connectivity index (χ0v) is 17.8. The number of nitrogens with zero attached hydrogens (tertiary/aromatic N) is 2. The van der Waals surface area contributed by atoms with E-state index in [0.717, 1.165) is 5.56 Å². The number of hydrogen-bond donors (Lipinski definition) is 3. The van der Waals surface area contributed by atoms with Gasteiger partial charge in [0.15, 0.2) is 0 Å². The van der Waals surface area contributed by atoms with E-state index in [-0.39, 0.29) is 23.7 Å². The Morgan fingerprint density at radius 1 is 1.03 bits per heavy atom. The third-order valence-electron chi connectivity index (χ3n) is 4.86. The van der Waals surface area contributed by atoms with E-state index in [1.54, 1.807) is 50.2 Å². The molecule has 0 aliphatic rings. The van der Waals surface area contributed by atoms with E-state index in [4.69, 9.17) is 5.11 Å². The molecular formula is C24H23FN4O3. The molecule has 7 nitrogen and oxygen atoms in total. The Bertz CT molecular complexity index is 1190. The average molecular weight is 434 g/mol. The molecule has 0 bridgehead atoms. The average Bonchev–Trinajstić information content (AvgIpc) is 2.74. The van der Waals surface area contributed by atoms with Crippen molar-refractivity contribution in [2.24, 2.45) is 0 Å². The van der Waals surface area contributed by atoms with Crippen molar-refractivity contribution in [1.29, 1.82) is 0 Å². The molecule has 3 aromatic rings. The van der Waals surface area contributed by atoms with Gasteiger partial charge in [0.2, 0.25) is 5.91 Å². The van der Waals surface area contributed by atoms with Gasteiger partial charge in [0.05, 0.1) is 23.4 Å². The van der Waals surface area contributed by atoms with Crippen molar-refractivity contribution in [3.8, 4) is 0 Å². The highest BCUT2D eigenvalue weighted by atomic mass is 19.1. The largest absolute Gasteiger partial charge is 0.478 e. The number of benzene rings is 2. The van der Waals surface area contributed by atoms with Crippen LogP contribution >= 0.6 is 0 Å². The Morgan fingerprint density at radius 3 is 2.44 bits per heavy atom. The van der Waals surface area contributed by atoms with Crippen molar-refractivity contribution in [2.45, 2.75) is 26.8 Å². The fraction of sp³-hybridized carbons (Fsp3) is 0.167. The first kappa shape index (κ1) is 22.6. The normalized spacial score (nSPS) is 10.5. The first-order valence-corrected chi connectivity index (χ1v) is 9.86. The van der Waals surface area contributed by atoms with E-state index in [2.05, 4.69) is 27.2 Å². The number of anilines is 1. The zero-order valence-electron chi connectivity index (χ0n) is 17.8. The molecule has 3 N–H and O–H groups in total. The highest BCUT2D eigenvalue weighted by Crippen LogP contribution is 2.15. The molecule has 0 radical (unpaired) electrons. The molecular weight excluding hydrogens is 411 g/mol. The highest BCUT2D eigenvalue weighted by Gasteiger charge is 2.10. The van der Waals surface area contributed by atoms with Crippen LogP contribution in [0, 0.1) is 19.7 Å². The van der Waals surface area contributed by atoms with E-state index in [0.29, 0.717) is 40.4 Å². The standard InChI is InChI=1S/C24H23FN4O3/c1-14-8-18(4-6-19(14)24(31)32)12-26-16(3)21-11-22(28-13-27-21)29-23(30)10-17-5-7-20(25)15(2)9-17/h4-9,11,13,26H,3,10,12H2,1-2H3,(H,31,32)(H,27,28,29,30). The maximum absolute atomic E-state index is 13.4. The van der Waals surface area contributed by atoms with Crippen molar-refractivity contribution in [1.82, 2.24) is 15.3 Å². The van der Waals surface area contributed by atoms with Crippen molar-refractivity contribution in [3.05, 3.63) is 94.7 Å². The molecule has 8 heteroatoms. The summed E-state index contributed by atoms with van der Waals surface area (Å²) in [5, 5.41) is 15.0. The molecule has 32 heavy (non-hydrogen) atoms. The van der Waals surface area contributed by atoms with Crippen molar-refractivity contribution in [3.63, 3.8) is 0 Å². The van der Waals surface area contributed by atoms with Crippen LogP contribution in [0.3, 0.4) is 0 Å². The predicted molar refractivity (Wildman–Crippen MR) is 120 cm³/mol. The summed E-state index contributed by atoms with van der Waals surface area (Å²) in [5.41, 5.74) is 4.04. The number of carboxylic acids is 1. The fourth-order valence-electron chi connectivity index (χ4n) is 3.15. The second-order valence-electron chi connectivity index (χ2n) is 7.38. The highest BCUT2D eigenvalue weighted by molar-refractivity contribution is 5.91. The number of aromatic carboxylic acids is 1. The van der Waals surface area contributed by atoms with Gasteiger partial charge in [-0.3, -0.25) is 4.79 Å². The molecule has 1 amide bonds. The second-order valence-corrected chi connectivity index (χ2v) is 7.38. The van der Waals surface area contributed by atoms with Gasteiger partial charge < -0.3 is 15.7 Å². The van der Waals surface area contributed by atoms with Crippen LogP contribution in [0.1, 0.15) is 38.3 Å². The van der Waals surface area contributed by atoms with Gasteiger partial charge in [-0.05, 0) is 48.2 Å². The van der Waals surface area contributed by atoms with E-state index in [1.807, 2.05) is 0 Å². The number of aryl methyl sites for hydroxylation is 2. The molecule has 2 aromatic carbocycles. The molecule has 3 rings (SSSR count). The minimum atomic E-state index is -0.962. The number of halogens is 1. The number of rotatable bonds is 8. The lowest BCUT2D eigenvalue weighted by atomic mass is 10.1. The molecule has 0 aliphatic heterocycles. The summed E-state index contributed by atoms with van der Waals surface area (Å²) >= 11 is 0. The molecule has 0 unspecified atom stereocenters. The molecule has 0 spiro atoms. The minimum absolute atomic E-state index is 0.0886. The number of amides is 1. The third kappa shape index (κ3) is 5.75. The monoisotopic (exact) mass is 434 g/mol. The van der Waals surface area contributed by atoms with Crippen LogP contribution in [0.2, 0.25) is 0 Å². The van der Waals surface area contributed by atoms with Gasteiger partial charge in [0, 0.05) is 12.6 Å². The van der Waals surface area contributed by atoms with Gasteiger partial charge in [0.25, 0.3) is 0 Å². The molecule has 0 atom stereocenters. The van der Waals surface area contributed by atoms with E-state index < -0.39 is 5.97 Å². The number of carbonyl (C=O) groups excluding carboxylic acids is 1. The fourth-order valence-corrected chi connectivity index (χ4v) is 3.15. The van der Waals surface area contributed by atoms with Crippen LogP contribution in [0.15, 0.2) is 55.4 Å². The van der Waals surface area contributed by atoms with Crippen LogP contribution in [-0.4, -0.2) is 27.0 Å². The Kier molecular flexibility index (Phi) is 6.94. The maximum atomic E-state index is 13.4. The summed E-state index contributed by atoms with van der Waals surface area (Å²) < 4.78 is 13.4. The maximum Gasteiger partial charge on any atom is 0.335 e. The van der Waals surface area contributed by atoms with Crippen LogP contribution in [-0.2, 0) is 17.8 Å². The Labute approximate surface area is 185 Å². The zero-order chi connectivity index (χ0) is 23.3. The van der Waals surface area contributed by atoms with E-state index in [1.165, 1.54) is 12.4 Å². The van der Waals surface area contributed by atoms with Crippen LogP contribution in [0.25, 0.3) is 5.70 Å². The molecule has 0 fully saturated rings. The lowest BCUT2D eigenvalue weighted by molar-refractivity contribution is -0.115. The molecule has 1 aromatic heterocycles.